The van der Waals surface area contributed by atoms with Crippen molar-refractivity contribution in [3.05, 3.63) is 0 Å². The number of ether oxygens (including phenoxy) is 1. The van der Waals surface area contributed by atoms with Gasteiger partial charge < -0.3 is 4.74 Å². The summed E-state index contributed by atoms with van der Waals surface area (Å²) in [5.74, 6) is 0.00380. The molecular weight excluding hydrogens is 408 g/mol. The lowest BCUT2D eigenvalue weighted by Crippen LogP contribution is -2.05. The molecule has 3 heteroatoms. The van der Waals surface area contributed by atoms with Crippen molar-refractivity contribution >= 4 is 12.3 Å². The largest absolute Gasteiger partial charge is 0.466 e. The van der Waals surface area contributed by atoms with Gasteiger partial charge in [0.15, 0.2) is 6.29 Å². The maximum absolute atomic E-state index is 11.8. The van der Waals surface area contributed by atoms with Crippen molar-refractivity contribution in [2.75, 3.05) is 6.61 Å². The van der Waals surface area contributed by atoms with Crippen molar-refractivity contribution in [2.45, 2.75) is 174 Å². The first-order chi connectivity index (χ1) is 16.3. The molecule has 0 aliphatic rings. The van der Waals surface area contributed by atoms with Gasteiger partial charge in [0.25, 0.3) is 0 Å². The first kappa shape index (κ1) is 32.1. The summed E-state index contributed by atoms with van der Waals surface area (Å²) in [6.07, 6.45) is 34.0. The van der Waals surface area contributed by atoms with E-state index in [2.05, 4.69) is 6.92 Å². The summed E-state index contributed by atoms with van der Waals surface area (Å²) < 4.78 is 5.39. The predicted octanol–water partition coefficient (Wildman–Crippen LogP) is 9.80. The molecule has 3 nitrogen and oxygen atoms in total. The zero-order chi connectivity index (χ0) is 24.1. The van der Waals surface area contributed by atoms with Gasteiger partial charge >= 0.3 is 5.97 Å². The van der Waals surface area contributed by atoms with Crippen molar-refractivity contribution in [3.63, 3.8) is 0 Å². The minimum absolute atomic E-state index is 0.00380. The molecule has 0 aromatic carbocycles. The second-order valence-corrected chi connectivity index (χ2v) is 10.00. The topological polar surface area (TPSA) is 43.4 Å². The molecule has 0 unspecified atom stereocenters. The van der Waals surface area contributed by atoms with Crippen LogP contribution in [0, 0.1) is 0 Å². The van der Waals surface area contributed by atoms with E-state index in [9.17, 15) is 9.59 Å². The van der Waals surface area contributed by atoms with Crippen LogP contribution >= 0.6 is 0 Å². The average molecular weight is 466 g/mol. The number of carbonyl (C=O) groups excluding carboxylic acids is 2. The molecule has 0 atom stereocenters. The minimum Gasteiger partial charge on any atom is -0.466 e. The second kappa shape index (κ2) is 29.2. The van der Waals surface area contributed by atoms with Crippen molar-refractivity contribution in [1.29, 1.82) is 0 Å². The summed E-state index contributed by atoms with van der Waals surface area (Å²) in [6, 6.07) is 0. The van der Waals surface area contributed by atoms with Crippen molar-refractivity contribution in [3.8, 4) is 0 Å². The summed E-state index contributed by atoms with van der Waals surface area (Å²) in [7, 11) is 0. The Hall–Kier alpha value is -0.860. The fraction of sp³-hybridized carbons (Fsp3) is 0.933. The van der Waals surface area contributed by atoms with Crippen LogP contribution in [0.1, 0.15) is 174 Å². The third kappa shape index (κ3) is 29.1. The number of carbonyl (C=O) groups is 1. The number of hydrogen-bond donors (Lipinski definition) is 0. The Morgan fingerprint density at radius 1 is 0.515 bits per heavy atom. The van der Waals surface area contributed by atoms with Crippen LogP contribution < -0.4 is 0 Å². The molecule has 0 aromatic rings. The second-order valence-electron chi connectivity index (χ2n) is 10.00. The lowest BCUT2D eigenvalue weighted by atomic mass is 10.0. The summed E-state index contributed by atoms with van der Waals surface area (Å²) >= 11 is 0. The highest BCUT2D eigenvalue weighted by Gasteiger charge is 2.02. The summed E-state index contributed by atoms with van der Waals surface area (Å²) in [4.78, 5) is 21.9. The molecule has 0 aliphatic carbocycles. The van der Waals surface area contributed by atoms with Crippen LogP contribution in [0.5, 0.6) is 0 Å². The summed E-state index contributed by atoms with van der Waals surface area (Å²) in [5, 5.41) is 0. The molecule has 0 amide bonds. The zero-order valence-corrected chi connectivity index (χ0v) is 22.3. The Kier molecular flexibility index (Phi) is 28.4. The summed E-state index contributed by atoms with van der Waals surface area (Å²) in [5.41, 5.74) is 0. The van der Waals surface area contributed by atoms with Gasteiger partial charge in [-0.1, -0.05) is 142 Å². The number of unbranched alkanes of at least 4 members (excludes halogenated alkanes) is 23. The van der Waals surface area contributed by atoms with E-state index in [1.54, 1.807) is 0 Å². The van der Waals surface area contributed by atoms with Crippen LogP contribution in [-0.4, -0.2) is 18.9 Å². The Labute approximate surface area is 207 Å². The Balaban J connectivity index is 3.14. The lowest BCUT2D eigenvalue weighted by Gasteiger charge is -2.06. The average Bonchev–Trinajstić information content (AvgIpc) is 2.82. The molecule has 0 saturated carbocycles. The van der Waals surface area contributed by atoms with Crippen LogP contribution in [0.3, 0.4) is 0 Å². The molecule has 195 valence electrons. The van der Waals surface area contributed by atoms with Gasteiger partial charge in [-0.3, -0.25) is 9.59 Å². The first-order valence-corrected chi connectivity index (χ1v) is 14.8. The van der Waals surface area contributed by atoms with Crippen LogP contribution in [0.4, 0.5) is 0 Å². The van der Waals surface area contributed by atoms with Gasteiger partial charge in [0.2, 0.25) is 0 Å². The Bertz CT molecular complexity index is 394. The van der Waals surface area contributed by atoms with Gasteiger partial charge in [-0.2, -0.15) is 0 Å². The molecule has 0 N–H and O–H groups in total. The van der Waals surface area contributed by atoms with E-state index in [0.717, 1.165) is 19.3 Å². The molecule has 0 bridgehead atoms. The van der Waals surface area contributed by atoms with Crippen LogP contribution in [-0.2, 0) is 14.3 Å². The third-order valence-electron chi connectivity index (χ3n) is 6.67. The smallest absolute Gasteiger partial charge is 0.305 e. The Morgan fingerprint density at radius 2 is 0.879 bits per heavy atom. The quantitative estimate of drug-likeness (QED) is 0.0852. The third-order valence-corrected chi connectivity index (χ3v) is 6.67. The normalized spacial score (nSPS) is 11.1. The fourth-order valence-electron chi connectivity index (χ4n) is 4.44. The first-order valence-electron chi connectivity index (χ1n) is 14.8. The van der Waals surface area contributed by atoms with Gasteiger partial charge in [0, 0.05) is 12.8 Å². The van der Waals surface area contributed by atoms with Gasteiger partial charge in [-0.25, -0.2) is 0 Å². The highest BCUT2D eigenvalue weighted by molar-refractivity contribution is 5.69. The number of rotatable bonds is 28. The molecule has 0 aliphatic heterocycles. The van der Waals surface area contributed by atoms with Crippen LogP contribution in [0.25, 0.3) is 0 Å². The zero-order valence-electron chi connectivity index (χ0n) is 22.3. The van der Waals surface area contributed by atoms with Crippen LogP contribution in [0.2, 0.25) is 0 Å². The Morgan fingerprint density at radius 3 is 1.30 bits per heavy atom. The van der Waals surface area contributed by atoms with E-state index in [-0.39, 0.29) is 5.97 Å². The van der Waals surface area contributed by atoms with Crippen molar-refractivity contribution in [2.24, 2.45) is 0 Å². The van der Waals surface area contributed by atoms with E-state index < -0.39 is 0 Å². The van der Waals surface area contributed by atoms with Crippen molar-refractivity contribution < 1.29 is 14.3 Å². The highest BCUT2D eigenvalue weighted by Crippen LogP contribution is 2.14. The predicted molar refractivity (Wildman–Crippen MR) is 142 cm³/mol. The molecule has 0 heterocycles. The molecule has 0 rings (SSSR count). The molecule has 0 saturated heterocycles. The molecule has 1 radical (unpaired) electrons. The monoisotopic (exact) mass is 465 g/mol. The van der Waals surface area contributed by atoms with E-state index in [1.807, 2.05) is 6.29 Å². The lowest BCUT2D eigenvalue weighted by molar-refractivity contribution is -0.143. The minimum atomic E-state index is 0.00380. The summed E-state index contributed by atoms with van der Waals surface area (Å²) in [6.45, 7) is 2.88. The van der Waals surface area contributed by atoms with Gasteiger partial charge in [-0.05, 0) is 19.3 Å². The van der Waals surface area contributed by atoms with Crippen molar-refractivity contribution in [1.82, 2.24) is 0 Å². The van der Waals surface area contributed by atoms with E-state index >= 15 is 0 Å². The molecule has 0 spiro atoms. The molecular formula is C30H57O3. The van der Waals surface area contributed by atoms with E-state index in [4.69, 9.17) is 4.74 Å². The maximum atomic E-state index is 11.8. The van der Waals surface area contributed by atoms with E-state index in [1.165, 1.54) is 135 Å². The van der Waals surface area contributed by atoms with E-state index in [0.29, 0.717) is 19.4 Å². The highest BCUT2D eigenvalue weighted by atomic mass is 16.5. The van der Waals surface area contributed by atoms with Gasteiger partial charge in [-0.15, -0.1) is 0 Å². The molecule has 0 aromatic heterocycles. The maximum Gasteiger partial charge on any atom is 0.305 e. The standard InChI is InChI=1S/C30H57O3/c1-2-3-4-5-6-7-8-9-12-15-18-21-24-27-30(32)33-29-26-23-20-17-14-11-10-13-16-19-22-25-28-31/h2-27,29H2,1H3. The number of hydrogen-bond acceptors (Lipinski definition) is 3. The number of esters is 1. The molecule has 33 heavy (non-hydrogen) atoms. The molecule has 0 fully saturated rings. The van der Waals surface area contributed by atoms with Crippen LogP contribution in [0.15, 0.2) is 0 Å². The van der Waals surface area contributed by atoms with Gasteiger partial charge in [0.05, 0.1) is 6.61 Å². The van der Waals surface area contributed by atoms with Gasteiger partial charge in [0.1, 0.15) is 0 Å². The fourth-order valence-corrected chi connectivity index (χ4v) is 4.44. The SMILES string of the molecule is CCCCCCCCCCCCCCCC(=O)OCCCCCCCCCCCCC[C]=O.